The molecule has 0 aromatic carbocycles. The van der Waals surface area contributed by atoms with Crippen molar-refractivity contribution < 1.29 is 9.47 Å². The Kier molecular flexibility index (Phi) is 9.17. The van der Waals surface area contributed by atoms with Gasteiger partial charge in [0.05, 0.1) is 18.9 Å². The molecule has 1 saturated carbocycles. The van der Waals surface area contributed by atoms with E-state index in [1.807, 2.05) is 7.05 Å². The Morgan fingerprint density at radius 3 is 2.47 bits per heavy atom. The lowest BCUT2D eigenvalue weighted by Crippen LogP contribution is -2.37. The fourth-order valence-corrected chi connectivity index (χ4v) is 5.24. The van der Waals surface area contributed by atoms with Gasteiger partial charge in [0, 0.05) is 62.8 Å². The summed E-state index contributed by atoms with van der Waals surface area (Å²) in [7, 11) is 4.24. The van der Waals surface area contributed by atoms with E-state index < -0.39 is 0 Å². The minimum atomic E-state index is 0.191. The lowest BCUT2D eigenvalue weighted by molar-refractivity contribution is -0.0398. The topological polar surface area (TPSA) is 51.6 Å². The van der Waals surface area contributed by atoms with Gasteiger partial charge in [0.2, 0.25) is 0 Å². The van der Waals surface area contributed by atoms with E-state index in [4.69, 9.17) is 14.5 Å². The van der Waals surface area contributed by atoms with Crippen molar-refractivity contribution in [1.82, 2.24) is 19.8 Å². The molecule has 6 nitrogen and oxygen atoms in total. The van der Waals surface area contributed by atoms with E-state index in [0.29, 0.717) is 5.92 Å². The maximum absolute atomic E-state index is 5.89. The molecule has 0 saturated heterocycles. The summed E-state index contributed by atoms with van der Waals surface area (Å²) in [4.78, 5) is 7.57. The first-order valence-electron chi connectivity index (χ1n) is 12.2. The minimum absolute atomic E-state index is 0.191. The summed E-state index contributed by atoms with van der Waals surface area (Å²) in [6.07, 6.45) is 8.52. The van der Waals surface area contributed by atoms with Gasteiger partial charge in [-0.15, -0.1) is 0 Å². The van der Waals surface area contributed by atoms with Crippen LogP contribution >= 0.6 is 0 Å². The van der Waals surface area contributed by atoms with Crippen molar-refractivity contribution in [3.8, 4) is 0 Å². The van der Waals surface area contributed by atoms with Crippen LogP contribution in [0.3, 0.4) is 0 Å². The van der Waals surface area contributed by atoms with Crippen LogP contribution in [0, 0.1) is 5.41 Å². The molecule has 6 heteroatoms. The monoisotopic (exact) mass is 420 g/mol. The van der Waals surface area contributed by atoms with Crippen LogP contribution in [0.1, 0.15) is 75.5 Å². The molecule has 0 spiro atoms. The van der Waals surface area contributed by atoms with Crippen LogP contribution < -0.4 is 5.32 Å². The van der Waals surface area contributed by atoms with Crippen molar-refractivity contribution in [3.63, 3.8) is 0 Å². The van der Waals surface area contributed by atoms with Gasteiger partial charge in [0.1, 0.15) is 5.82 Å². The van der Waals surface area contributed by atoms with Crippen LogP contribution in [0.4, 0.5) is 0 Å². The van der Waals surface area contributed by atoms with E-state index in [1.165, 1.54) is 50.0 Å². The second-order valence-electron chi connectivity index (χ2n) is 9.36. The third kappa shape index (κ3) is 5.84. The fraction of sp³-hybridized carbons (Fsp3) is 0.875. The predicted octanol–water partition coefficient (Wildman–Crippen LogP) is 3.59. The Balaban J connectivity index is 1.75. The summed E-state index contributed by atoms with van der Waals surface area (Å²) >= 11 is 0. The molecule has 172 valence electrons. The summed E-state index contributed by atoms with van der Waals surface area (Å²) < 4.78 is 14.4. The largest absolute Gasteiger partial charge is 0.381 e. The molecule has 0 unspecified atom stereocenters. The Morgan fingerprint density at radius 1 is 1.13 bits per heavy atom. The van der Waals surface area contributed by atoms with Crippen molar-refractivity contribution in [1.29, 1.82) is 0 Å². The average Bonchev–Trinajstić information content (AvgIpc) is 3.13. The Hall–Kier alpha value is -0.950. The normalized spacial score (nSPS) is 19.4. The molecule has 1 aromatic rings. The third-order valence-corrected chi connectivity index (χ3v) is 7.02. The van der Waals surface area contributed by atoms with Crippen LogP contribution in [-0.4, -0.2) is 68.1 Å². The number of aryl methyl sites for hydroxylation is 1. The highest BCUT2D eigenvalue weighted by molar-refractivity contribution is 5.24. The Morgan fingerprint density at radius 2 is 1.83 bits per heavy atom. The molecule has 2 aliphatic rings. The van der Waals surface area contributed by atoms with Gasteiger partial charge in [-0.05, 0) is 66.5 Å². The van der Waals surface area contributed by atoms with Crippen LogP contribution in [-0.2, 0) is 29.0 Å². The van der Waals surface area contributed by atoms with Crippen molar-refractivity contribution in [2.75, 3.05) is 53.6 Å². The Labute approximate surface area is 183 Å². The number of imidazole rings is 1. The van der Waals surface area contributed by atoms with Crippen LogP contribution in [0.25, 0.3) is 0 Å². The molecule has 0 atom stereocenters. The molecule has 1 aromatic heterocycles. The maximum atomic E-state index is 5.89. The summed E-state index contributed by atoms with van der Waals surface area (Å²) in [5.41, 5.74) is 3.07. The summed E-state index contributed by atoms with van der Waals surface area (Å²) in [5, 5.41) is 3.26. The van der Waals surface area contributed by atoms with Gasteiger partial charge in [0.25, 0.3) is 0 Å². The number of nitrogens with zero attached hydrogens (tertiary/aromatic N) is 3. The average molecular weight is 421 g/mol. The zero-order valence-corrected chi connectivity index (χ0v) is 19.8. The lowest BCUT2D eigenvalue weighted by Gasteiger charge is -2.40. The second-order valence-corrected chi connectivity index (χ2v) is 9.36. The summed E-state index contributed by atoms with van der Waals surface area (Å²) in [6.45, 7) is 11.6. The minimum Gasteiger partial charge on any atom is -0.381 e. The maximum Gasteiger partial charge on any atom is 0.109 e. The number of aromatic nitrogens is 2. The third-order valence-electron chi connectivity index (χ3n) is 7.02. The number of fused-ring (bicyclic) bond motifs is 1. The zero-order valence-electron chi connectivity index (χ0n) is 19.8. The smallest absolute Gasteiger partial charge is 0.109 e. The molecular formula is C24H44N4O2. The highest BCUT2D eigenvalue weighted by atomic mass is 16.5. The zero-order chi connectivity index (χ0) is 21.4. The number of hydrogen-bond donors (Lipinski definition) is 1. The first-order valence-corrected chi connectivity index (χ1v) is 12.2. The molecular weight excluding hydrogens is 376 g/mol. The van der Waals surface area contributed by atoms with Crippen LogP contribution in [0.15, 0.2) is 0 Å². The molecule has 0 radical (unpaired) electrons. The van der Waals surface area contributed by atoms with E-state index in [1.54, 1.807) is 5.69 Å². The molecule has 0 bridgehead atoms. The molecule has 1 aliphatic carbocycles. The van der Waals surface area contributed by atoms with Crippen LogP contribution in [0.5, 0.6) is 0 Å². The highest BCUT2D eigenvalue weighted by Crippen LogP contribution is 2.45. The number of likely N-dealkylation sites (N-methyl/N-ethyl adjacent to an activating group) is 2. The van der Waals surface area contributed by atoms with E-state index >= 15 is 0 Å². The van der Waals surface area contributed by atoms with E-state index in [0.717, 1.165) is 59.0 Å². The van der Waals surface area contributed by atoms with Gasteiger partial charge in [-0.1, -0.05) is 0 Å². The van der Waals surface area contributed by atoms with Gasteiger partial charge in [-0.3, -0.25) is 4.90 Å². The molecule has 0 amide bonds. The van der Waals surface area contributed by atoms with Crippen molar-refractivity contribution in [2.24, 2.45) is 5.41 Å². The van der Waals surface area contributed by atoms with E-state index in [9.17, 15) is 0 Å². The van der Waals surface area contributed by atoms with Gasteiger partial charge in [0.15, 0.2) is 0 Å². The van der Waals surface area contributed by atoms with Gasteiger partial charge >= 0.3 is 0 Å². The summed E-state index contributed by atoms with van der Waals surface area (Å²) in [6, 6.07) is 0. The SMILES string of the molecule is CCOCC1(COCC)CCC(c2c(CN(C)CCNC)nc3n2CCCC3)CC1. The van der Waals surface area contributed by atoms with Gasteiger partial charge in [-0.25, -0.2) is 4.98 Å². The molecule has 1 fully saturated rings. The molecule has 1 N–H and O–H groups in total. The second kappa shape index (κ2) is 11.6. The fourth-order valence-electron chi connectivity index (χ4n) is 5.24. The molecule has 30 heavy (non-hydrogen) atoms. The van der Waals surface area contributed by atoms with Gasteiger partial charge in [-0.2, -0.15) is 0 Å². The first kappa shape index (κ1) is 23.7. The molecule has 3 rings (SSSR count). The number of ether oxygens (including phenoxy) is 2. The predicted molar refractivity (Wildman–Crippen MR) is 122 cm³/mol. The Bertz CT molecular complexity index is 627. The van der Waals surface area contributed by atoms with Gasteiger partial charge < -0.3 is 19.4 Å². The molecule has 2 heterocycles. The van der Waals surface area contributed by atoms with Crippen LogP contribution in [0.2, 0.25) is 0 Å². The number of rotatable bonds is 12. The molecule has 1 aliphatic heterocycles. The van der Waals surface area contributed by atoms with E-state index in [-0.39, 0.29) is 5.41 Å². The standard InChI is InChI=1S/C24H44N4O2/c1-5-29-18-24(19-30-6-2)12-10-20(11-13-24)23-21(17-27(4)16-14-25-3)26-22-9-7-8-15-28(22)23/h20,25H,5-19H2,1-4H3. The quantitative estimate of drug-likeness (QED) is 0.560. The number of nitrogens with one attached hydrogen (secondary N) is 1. The van der Waals surface area contributed by atoms with E-state index in [2.05, 4.69) is 35.7 Å². The van der Waals surface area contributed by atoms with Crippen molar-refractivity contribution >= 4 is 0 Å². The first-order chi connectivity index (χ1) is 14.6. The highest BCUT2D eigenvalue weighted by Gasteiger charge is 2.38. The lowest BCUT2D eigenvalue weighted by atomic mass is 9.70. The van der Waals surface area contributed by atoms with Crippen molar-refractivity contribution in [3.05, 3.63) is 17.2 Å². The van der Waals surface area contributed by atoms with Crippen molar-refractivity contribution in [2.45, 2.75) is 77.8 Å². The number of hydrogen-bond acceptors (Lipinski definition) is 5. The summed E-state index contributed by atoms with van der Waals surface area (Å²) in [5.74, 6) is 1.95.